The van der Waals surface area contributed by atoms with E-state index in [-0.39, 0.29) is 12.3 Å². The maximum Gasteiger partial charge on any atom is 0.389 e. The second-order valence-corrected chi connectivity index (χ2v) is 9.47. The molecule has 38 heavy (non-hydrogen) atoms. The second-order valence-electron chi connectivity index (χ2n) is 9.47. The lowest BCUT2D eigenvalue weighted by molar-refractivity contribution is -0.144. The van der Waals surface area contributed by atoms with Crippen molar-refractivity contribution in [2.75, 3.05) is 13.1 Å². The van der Waals surface area contributed by atoms with Gasteiger partial charge in [-0.1, -0.05) is 18.2 Å². The van der Waals surface area contributed by atoms with Gasteiger partial charge in [-0.05, 0) is 24.6 Å². The zero-order valence-electron chi connectivity index (χ0n) is 20.5. The van der Waals surface area contributed by atoms with Crippen LogP contribution in [-0.2, 0) is 16.0 Å². The van der Waals surface area contributed by atoms with Crippen LogP contribution in [0.2, 0.25) is 0 Å². The van der Waals surface area contributed by atoms with Crippen molar-refractivity contribution in [3.63, 3.8) is 0 Å². The molecule has 1 amide bonds. The standard InChI is InChI=1S/C26H25F3N6O3/c1-16(25(38)33-14-22(37)15-33)34-13-20(11-31-34)19-9-24-30-12-23(35(24)32-10-19)18-4-2-3-17(7-18)8-21(36)5-6-26(27,28)29/h2-4,7,9-13,16,22,37H,5-6,8,14-15H2,1H3. The van der Waals surface area contributed by atoms with Gasteiger partial charge in [-0.3, -0.25) is 14.3 Å². The quantitative estimate of drug-likeness (QED) is 0.377. The second kappa shape index (κ2) is 10.0. The monoisotopic (exact) mass is 526 g/mol. The van der Waals surface area contributed by atoms with Crippen molar-refractivity contribution in [3.05, 3.63) is 60.7 Å². The van der Waals surface area contributed by atoms with E-state index in [4.69, 9.17) is 0 Å². The highest BCUT2D eigenvalue weighted by Crippen LogP contribution is 2.26. The summed E-state index contributed by atoms with van der Waals surface area (Å²) in [4.78, 5) is 30.6. The zero-order valence-corrected chi connectivity index (χ0v) is 20.5. The maximum absolute atomic E-state index is 12.5. The van der Waals surface area contributed by atoms with Crippen molar-refractivity contribution in [2.24, 2.45) is 0 Å². The summed E-state index contributed by atoms with van der Waals surface area (Å²) in [5.41, 5.74) is 4.09. The van der Waals surface area contributed by atoms with Crippen molar-refractivity contribution in [1.82, 2.24) is 29.3 Å². The van der Waals surface area contributed by atoms with Gasteiger partial charge in [0.25, 0.3) is 0 Å². The third-order valence-corrected chi connectivity index (χ3v) is 6.54. The van der Waals surface area contributed by atoms with Gasteiger partial charge in [0.2, 0.25) is 5.91 Å². The van der Waals surface area contributed by atoms with Crippen LogP contribution in [0.4, 0.5) is 13.2 Å². The number of β-amino-alcohol motifs (C(OH)–C–C–N with tert-alkyl or cyclic N) is 1. The average molecular weight is 527 g/mol. The Morgan fingerprint density at radius 1 is 1.08 bits per heavy atom. The zero-order chi connectivity index (χ0) is 27.0. The van der Waals surface area contributed by atoms with Crippen molar-refractivity contribution >= 4 is 17.3 Å². The van der Waals surface area contributed by atoms with Gasteiger partial charge in [-0.15, -0.1) is 0 Å². The number of aromatic nitrogens is 5. The number of carbonyl (C=O) groups excluding carboxylic acids is 2. The van der Waals surface area contributed by atoms with E-state index in [0.717, 1.165) is 16.7 Å². The van der Waals surface area contributed by atoms with Crippen LogP contribution in [0.5, 0.6) is 0 Å². The van der Waals surface area contributed by atoms with E-state index in [1.165, 1.54) is 0 Å². The molecule has 0 aliphatic carbocycles. The van der Waals surface area contributed by atoms with Crippen LogP contribution in [0.15, 0.2) is 55.1 Å². The van der Waals surface area contributed by atoms with E-state index in [0.29, 0.717) is 30.0 Å². The number of imidazole rings is 1. The van der Waals surface area contributed by atoms with Crippen molar-refractivity contribution in [3.8, 4) is 22.4 Å². The Labute approximate surface area is 215 Å². The number of hydrogen-bond donors (Lipinski definition) is 1. The summed E-state index contributed by atoms with van der Waals surface area (Å²) in [7, 11) is 0. The summed E-state index contributed by atoms with van der Waals surface area (Å²) >= 11 is 0. The summed E-state index contributed by atoms with van der Waals surface area (Å²) in [6.07, 6.45) is 0.128. The highest BCUT2D eigenvalue weighted by Gasteiger charge is 2.32. The molecule has 1 aliphatic heterocycles. The first-order chi connectivity index (χ1) is 18.1. The lowest BCUT2D eigenvalue weighted by Gasteiger charge is -2.37. The first-order valence-electron chi connectivity index (χ1n) is 12.1. The molecule has 1 saturated heterocycles. The number of aliphatic hydroxyl groups excluding tert-OH is 1. The first-order valence-corrected chi connectivity index (χ1v) is 12.1. The number of benzene rings is 1. The number of aliphatic hydroxyl groups is 1. The highest BCUT2D eigenvalue weighted by atomic mass is 19.4. The van der Waals surface area contributed by atoms with Gasteiger partial charge in [0.05, 0.1) is 36.8 Å². The van der Waals surface area contributed by atoms with Gasteiger partial charge < -0.3 is 10.0 Å². The molecule has 12 heteroatoms. The molecule has 1 aromatic carbocycles. The van der Waals surface area contributed by atoms with Crippen LogP contribution >= 0.6 is 0 Å². The molecule has 0 saturated carbocycles. The van der Waals surface area contributed by atoms with Crippen molar-refractivity contribution < 1.29 is 27.9 Å². The Balaban J connectivity index is 1.31. The SMILES string of the molecule is CC(C(=O)N1CC(O)C1)n1cc(-c2cnn3c(-c4cccc(CC(=O)CCC(F)(F)F)c4)cnc3c2)cn1. The summed E-state index contributed by atoms with van der Waals surface area (Å²) in [6.45, 7) is 2.42. The van der Waals surface area contributed by atoms with Crippen LogP contribution in [0.3, 0.4) is 0 Å². The third-order valence-electron chi connectivity index (χ3n) is 6.54. The van der Waals surface area contributed by atoms with E-state index >= 15 is 0 Å². The number of alkyl halides is 3. The van der Waals surface area contributed by atoms with Gasteiger partial charge in [0.15, 0.2) is 5.65 Å². The molecule has 1 aliphatic rings. The summed E-state index contributed by atoms with van der Waals surface area (Å²) in [5.74, 6) is -0.583. The summed E-state index contributed by atoms with van der Waals surface area (Å²) in [6, 6.07) is 8.34. The van der Waals surface area contributed by atoms with Gasteiger partial charge in [0.1, 0.15) is 11.8 Å². The fourth-order valence-corrected chi connectivity index (χ4v) is 4.38. The minimum atomic E-state index is -4.36. The van der Waals surface area contributed by atoms with Crippen LogP contribution in [-0.4, -0.2) is 71.4 Å². The molecule has 9 nitrogen and oxygen atoms in total. The van der Waals surface area contributed by atoms with Crippen molar-refractivity contribution in [2.45, 2.75) is 44.5 Å². The smallest absolute Gasteiger partial charge is 0.389 e. The Hall–Kier alpha value is -4.06. The molecular formula is C26H25F3N6O3. The lowest BCUT2D eigenvalue weighted by Crippen LogP contribution is -2.55. The molecule has 1 unspecified atom stereocenters. The minimum absolute atomic E-state index is 0.0819. The lowest BCUT2D eigenvalue weighted by atomic mass is 10.0. The fourth-order valence-electron chi connectivity index (χ4n) is 4.38. The number of likely N-dealkylation sites (tertiary alicyclic amines) is 1. The number of ketones is 1. The number of fused-ring (bicyclic) bond motifs is 1. The third kappa shape index (κ3) is 5.44. The molecule has 3 aromatic heterocycles. The Morgan fingerprint density at radius 3 is 2.58 bits per heavy atom. The van der Waals surface area contributed by atoms with Crippen LogP contribution in [0.25, 0.3) is 28.0 Å². The van der Waals surface area contributed by atoms with Gasteiger partial charge in [-0.2, -0.15) is 23.4 Å². The number of Topliss-reactive ketones (excluding diaryl/α,β-unsaturated/α-hetero) is 1. The molecule has 0 bridgehead atoms. The summed E-state index contributed by atoms with van der Waals surface area (Å²) in [5, 5.41) is 18.3. The Kier molecular flexibility index (Phi) is 6.74. The largest absolute Gasteiger partial charge is 0.389 e. The van der Waals surface area contributed by atoms with Gasteiger partial charge in [0, 0.05) is 48.8 Å². The van der Waals surface area contributed by atoms with Crippen LogP contribution in [0.1, 0.15) is 31.4 Å². The van der Waals surface area contributed by atoms with E-state index in [2.05, 4.69) is 15.2 Å². The molecule has 4 heterocycles. The van der Waals surface area contributed by atoms with E-state index < -0.39 is 36.9 Å². The number of nitrogens with zero attached hydrogens (tertiary/aromatic N) is 6. The molecular weight excluding hydrogens is 501 g/mol. The molecule has 1 atom stereocenters. The van der Waals surface area contributed by atoms with Crippen molar-refractivity contribution in [1.29, 1.82) is 0 Å². The first kappa shape index (κ1) is 25.6. The number of halogens is 3. The number of rotatable bonds is 8. The fraction of sp³-hybridized carbons (Fsp3) is 0.346. The van der Waals surface area contributed by atoms with Gasteiger partial charge >= 0.3 is 6.18 Å². The Morgan fingerprint density at radius 2 is 1.84 bits per heavy atom. The maximum atomic E-state index is 12.5. The predicted molar refractivity (Wildman–Crippen MR) is 131 cm³/mol. The molecule has 0 spiro atoms. The molecule has 1 fully saturated rings. The Bertz CT molecular complexity index is 1490. The van der Waals surface area contributed by atoms with E-state index in [9.17, 15) is 27.9 Å². The van der Waals surface area contributed by atoms with Crippen LogP contribution in [0, 0.1) is 0 Å². The number of amides is 1. The molecule has 198 valence electrons. The minimum Gasteiger partial charge on any atom is -0.389 e. The normalized spacial score (nSPS) is 15.0. The summed E-state index contributed by atoms with van der Waals surface area (Å²) < 4.78 is 40.5. The average Bonchev–Trinajstić information content (AvgIpc) is 3.52. The molecule has 1 N–H and O–H groups in total. The number of carbonyl (C=O) groups is 2. The van der Waals surface area contributed by atoms with E-state index in [1.54, 1.807) is 64.0 Å². The highest BCUT2D eigenvalue weighted by molar-refractivity contribution is 5.82. The van der Waals surface area contributed by atoms with E-state index in [1.807, 2.05) is 12.1 Å². The molecule has 4 aromatic rings. The topological polar surface area (TPSA) is 106 Å². The number of hydrogen-bond acceptors (Lipinski definition) is 6. The van der Waals surface area contributed by atoms with Gasteiger partial charge in [-0.25, -0.2) is 9.50 Å². The van der Waals surface area contributed by atoms with Crippen LogP contribution < -0.4 is 0 Å². The predicted octanol–water partition coefficient (Wildman–Crippen LogP) is 3.48. The molecule has 0 radical (unpaired) electrons. The molecule has 5 rings (SSSR count).